The molecule has 120 valence electrons. The zero-order chi connectivity index (χ0) is 16.5. The van der Waals surface area contributed by atoms with Crippen molar-refractivity contribution in [1.82, 2.24) is 5.32 Å². The molecule has 0 atom stereocenters. The van der Waals surface area contributed by atoms with Crippen molar-refractivity contribution < 1.29 is 14.3 Å². The van der Waals surface area contributed by atoms with Gasteiger partial charge < -0.3 is 14.8 Å². The summed E-state index contributed by atoms with van der Waals surface area (Å²) < 4.78 is 10.4. The maximum absolute atomic E-state index is 12.1. The highest BCUT2D eigenvalue weighted by Crippen LogP contribution is 2.27. The summed E-state index contributed by atoms with van der Waals surface area (Å²) in [7, 11) is 3.12. The van der Waals surface area contributed by atoms with Gasteiger partial charge in [0.2, 0.25) is 0 Å². The lowest BCUT2D eigenvalue weighted by atomic mass is 10.2. The van der Waals surface area contributed by atoms with Crippen LogP contribution < -0.4 is 14.8 Å². The molecular weight excluding hydrogens is 290 g/mol. The number of rotatable bonds is 7. The molecule has 0 aromatic heterocycles. The molecule has 1 N–H and O–H groups in total. The van der Waals surface area contributed by atoms with Crippen molar-refractivity contribution >= 4 is 12.0 Å². The van der Waals surface area contributed by atoms with E-state index in [0.29, 0.717) is 23.6 Å². The van der Waals surface area contributed by atoms with Gasteiger partial charge in [-0.15, -0.1) is 0 Å². The molecule has 0 spiro atoms. The number of benzene rings is 2. The summed E-state index contributed by atoms with van der Waals surface area (Å²) in [6.07, 6.45) is 4.86. The summed E-state index contributed by atoms with van der Waals surface area (Å²) in [6.45, 7) is 0.580. The van der Waals surface area contributed by atoms with Gasteiger partial charge in [0.25, 0.3) is 5.91 Å². The molecule has 23 heavy (non-hydrogen) atoms. The van der Waals surface area contributed by atoms with Crippen molar-refractivity contribution in [2.75, 3.05) is 20.8 Å². The molecule has 2 aromatic rings. The predicted octanol–water partition coefficient (Wildman–Crippen LogP) is 3.54. The fourth-order valence-corrected chi connectivity index (χ4v) is 2.13. The molecule has 0 saturated carbocycles. The molecule has 0 unspecified atom stereocenters. The number of ether oxygens (including phenoxy) is 2. The molecule has 0 radical (unpaired) electrons. The first kappa shape index (κ1) is 16.6. The minimum absolute atomic E-state index is 0.126. The second-order valence-electron chi connectivity index (χ2n) is 4.93. The lowest BCUT2D eigenvalue weighted by Gasteiger charge is -2.09. The fraction of sp³-hybridized carbons (Fsp3) is 0.211. The van der Waals surface area contributed by atoms with E-state index < -0.39 is 0 Å². The quantitative estimate of drug-likeness (QED) is 0.796. The Labute approximate surface area is 136 Å². The number of carbonyl (C=O) groups is 1. The van der Waals surface area contributed by atoms with Gasteiger partial charge in [-0.05, 0) is 30.2 Å². The van der Waals surface area contributed by atoms with E-state index >= 15 is 0 Å². The largest absolute Gasteiger partial charge is 0.493 e. The zero-order valence-corrected chi connectivity index (χ0v) is 13.4. The molecule has 4 nitrogen and oxygen atoms in total. The third-order valence-corrected chi connectivity index (χ3v) is 3.35. The SMILES string of the molecule is COc1ccc(C(=O)NCC/C=C/c2ccccc2)cc1OC. The van der Waals surface area contributed by atoms with E-state index in [1.54, 1.807) is 32.4 Å². The molecule has 2 aromatic carbocycles. The van der Waals surface area contributed by atoms with Crippen LogP contribution in [0.4, 0.5) is 0 Å². The van der Waals surface area contributed by atoms with Crippen LogP contribution in [0.3, 0.4) is 0 Å². The molecule has 0 bridgehead atoms. The van der Waals surface area contributed by atoms with E-state index in [1.165, 1.54) is 0 Å². The van der Waals surface area contributed by atoms with Crippen LogP contribution in [-0.2, 0) is 0 Å². The first-order chi connectivity index (χ1) is 11.2. The average Bonchev–Trinajstić information content (AvgIpc) is 2.61. The number of carbonyl (C=O) groups excluding carboxylic acids is 1. The zero-order valence-electron chi connectivity index (χ0n) is 13.4. The van der Waals surface area contributed by atoms with E-state index in [1.807, 2.05) is 42.5 Å². The smallest absolute Gasteiger partial charge is 0.251 e. The van der Waals surface area contributed by atoms with E-state index in [-0.39, 0.29) is 5.91 Å². The van der Waals surface area contributed by atoms with Gasteiger partial charge in [-0.1, -0.05) is 42.5 Å². The topological polar surface area (TPSA) is 47.6 Å². The lowest BCUT2D eigenvalue weighted by molar-refractivity contribution is 0.0954. The van der Waals surface area contributed by atoms with Crippen molar-refractivity contribution in [2.45, 2.75) is 6.42 Å². The summed E-state index contributed by atoms with van der Waals surface area (Å²) in [5, 5.41) is 2.89. The summed E-state index contributed by atoms with van der Waals surface area (Å²) in [6, 6.07) is 15.2. The highest BCUT2D eigenvalue weighted by atomic mass is 16.5. The van der Waals surface area contributed by atoms with Crippen LogP contribution in [0.5, 0.6) is 11.5 Å². The summed E-state index contributed by atoms with van der Waals surface area (Å²) in [5.74, 6) is 1.03. The molecule has 2 rings (SSSR count). The molecular formula is C19H21NO3. The molecule has 0 aliphatic rings. The maximum Gasteiger partial charge on any atom is 0.251 e. The molecule has 0 aliphatic heterocycles. The first-order valence-corrected chi connectivity index (χ1v) is 7.46. The van der Waals surface area contributed by atoms with E-state index in [2.05, 4.69) is 5.32 Å². The number of amides is 1. The van der Waals surface area contributed by atoms with Crippen LogP contribution in [0, 0.1) is 0 Å². The molecule has 0 fully saturated rings. The number of hydrogen-bond acceptors (Lipinski definition) is 3. The normalized spacial score (nSPS) is 10.5. The second kappa shape index (κ2) is 8.63. The Morgan fingerprint density at radius 2 is 1.78 bits per heavy atom. The summed E-state index contributed by atoms with van der Waals surface area (Å²) in [5.41, 5.74) is 1.70. The molecule has 0 saturated heterocycles. The second-order valence-corrected chi connectivity index (χ2v) is 4.93. The van der Waals surface area contributed by atoms with Crippen molar-refractivity contribution in [3.63, 3.8) is 0 Å². The van der Waals surface area contributed by atoms with Gasteiger partial charge in [-0.2, -0.15) is 0 Å². The Balaban J connectivity index is 1.84. The Bertz CT molecular complexity index is 666. The van der Waals surface area contributed by atoms with Crippen LogP contribution in [0.15, 0.2) is 54.6 Å². The maximum atomic E-state index is 12.1. The van der Waals surface area contributed by atoms with Gasteiger partial charge >= 0.3 is 0 Å². The number of nitrogens with one attached hydrogen (secondary N) is 1. The van der Waals surface area contributed by atoms with E-state index in [4.69, 9.17) is 9.47 Å². The Morgan fingerprint density at radius 3 is 2.48 bits per heavy atom. The van der Waals surface area contributed by atoms with Gasteiger partial charge in [-0.3, -0.25) is 4.79 Å². The van der Waals surface area contributed by atoms with Crippen LogP contribution >= 0.6 is 0 Å². The van der Waals surface area contributed by atoms with Gasteiger partial charge in [0, 0.05) is 12.1 Å². The van der Waals surface area contributed by atoms with E-state index in [9.17, 15) is 4.79 Å². The third kappa shape index (κ3) is 4.88. The average molecular weight is 311 g/mol. The monoisotopic (exact) mass is 311 g/mol. The van der Waals surface area contributed by atoms with Gasteiger partial charge in [0.05, 0.1) is 14.2 Å². The Kier molecular flexibility index (Phi) is 6.24. The first-order valence-electron chi connectivity index (χ1n) is 7.46. The Hall–Kier alpha value is -2.75. The number of hydrogen-bond donors (Lipinski definition) is 1. The van der Waals surface area contributed by atoms with E-state index in [0.717, 1.165) is 12.0 Å². The summed E-state index contributed by atoms with van der Waals surface area (Å²) in [4.78, 5) is 12.1. The van der Waals surface area contributed by atoms with Crippen molar-refractivity contribution in [1.29, 1.82) is 0 Å². The van der Waals surface area contributed by atoms with Crippen LogP contribution in [0.1, 0.15) is 22.3 Å². The van der Waals surface area contributed by atoms with Gasteiger partial charge in [-0.25, -0.2) is 0 Å². The highest BCUT2D eigenvalue weighted by Gasteiger charge is 2.09. The van der Waals surface area contributed by atoms with Crippen LogP contribution in [0.25, 0.3) is 6.08 Å². The van der Waals surface area contributed by atoms with Crippen molar-refractivity contribution in [3.8, 4) is 11.5 Å². The predicted molar refractivity (Wildman–Crippen MR) is 92.0 cm³/mol. The minimum Gasteiger partial charge on any atom is -0.493 e. The fourth-order valence-electron chi connectivity index (χ4n) is 2.13. The highest BCUT2D eigenvalue weighted by molar-refractivity contribution is 5.94. The molecule has 4 heteroatoms. The lowest BCUT2D eigenvalue weighted by Crippen LogP contribution is -2.24. The van der Waals surface area contributed by atoms with Crippen molar-refractivity contribution in [3.05, 3.63) is 65.7 Å². The van der Waals surface area contributed by atoms with Gasteiger partial charge in [0.1, 0.15) is 0 Å². The summed E-state index contributed by atoms with van der Waals surface area (Å²) >= 11 is 0. The van der Waals surface area contributed by atoms with Gasteiger partial charge in [0.15, 0.2) is 11.5 Å². The third-order valence-electron chi connectivity index (χ3n) is 3.35. The molecule has 1 amide bonds. The van der Waals surface area contributed by atoms with Crippen LogP contribution in [0.2, 0.25) is 0 Å². The van der Waals surface area contributed by atoms with Crippen molar-refractivity contribution in [2.24, 2.45) is 0 Å². The number of methoxy groups -OCH3 is 2. The molecule has 0 aliphatic carbocycles. The van der Waals surface area contributed by atoms with Crippen LogP contribution in [-0.4, -0.2) is 26.7 Å². The Morgan fingerprint density at radius 1 is 1.04 bits per heavy atom. The molecule has 0 heterocycles. The minimum atomic E-state index is -0.126. The standard InChI is InChI=1S/C19H21NO3/c1-22-17-12-11-16(14-18(17)23-2)19(21)20-13-7-6-10-15-8-4-3-5-9-15/h3-6,8-12,14H,7,13H2,1-2H3,(H,20,21)/b10-6+.